The normalized spacial score (nSPS) is 32.3. The Bertz CT molecular complexity index is 1080. The maximum atomic E-state index is 14.3. The minimum atomic E-state index is -0.837. The van der Waals surface area contributed by atoms with Crippen LogP contribution in [0.1, 0.15) is 24.0 Å². The van der Waals surface area contributed by atoms with Crippen LogP contribution in [0, 0.1) is 25.7 Å². The molecular weight excluding hydrogens is 452 g/mol. The first-order valence-corrected chi connectivity index (χ1v) is 12.8. The summed E-state index contributed by atoms with van der Waals surface area (Å²) in [4.78, 5) is 44.6. The number of aliphatic hydroxyl groups excluding tert-OH is 1. The second-order valence-corrected chi connectivity index (χ2v) is 11.0. The smallest absolute Gasteiger partial charge is 0.311 e. The Morgan fingerprint density at radius 1 is 1.15 bits per heavy atom. The van der Waals surface area contributed by atoms with Gasteiger partial charge in [0, 0.05) is 30.6 Å². The number of anilines is 1. The Hall–Kier alpha value is -2.58. The van der Waals surface area contributed by atoms with Crippen LogP contribution in [-0.4, -0.2) is 70.1 Å². The van der Waals surface area contributed by atoms with Crippen molar-refractivity contribution >= 4 is 35.2 Å². The average molecular weight is 483 g/mol. The van der Waals surface area contributed by atoms with Crippen LogP contribution in [0.3, 0.4) is 0 Å². The average Bonchev–Trinajstić information content (AvgIpc) is 3.10. The molecule has 0 saturated carbocycles. The van der Waals surface area contributed by atoms with E-state index in [9.17, 15) is 19.5 Å². The lowest BCUT2D eigenvalue weighted by Crippen LogP contribution is -2.53. The number of benzene rings is 1. The molecule has 4 aliphatic heterocycles. The molecule has 2 fully saturated rings. The zero-order valence-electron chi connectivity index (χ0n) is 19.5. The number of thioether (sulfide) groups is 1. The van der Waals surface area contributed by atoms with Crippen molar-refractivity contribution < 1.29 is 24.2 Å². The van der Waals surface area contributed by atoms with Crippen molar-refractivity contribution in [2.24, 2.45) is 11.8 Å². The number of unbranched alkanes of at least 4 members (excludes halogenated alkanes) is 1. The van der Waals surface area contributed by atoms with Crippen molar-refractivity contribution in [1.82, 2.24) is 4.90 Å². The Kier molecular flexibility index (Phi) is 6.06. The minimum Gasteiger partial charge on any atom is -0.461 e. The fourth-order valence-electron chi connectivity index (χ4n) is 5.83. The zero-order chi connectivity index (χ0) is 24.0. The number of hydrogen-bond acceptors (Lipinski definition) is 6. The number of carbonyl (C=O) groups excluding carboxylic acids is 3. The van der Waals surface area contributed by atoms with E-state index in [0.717, 1.165) is 16.8 Å². The number of esters is 1. The quantitative estimate of drug-likeness (QED) is 0.394. The lowest BCUT2D eigenvalue weighted by Gasteiger charge is -2.35. The van der Waals surface area contributed by atoms with Gasteiger partial charge in [-0.2, -0.15) is 0 Å². The van der Waals surface area contributed by atoms with E-state index >= 15 is 0 Å². The molecule has 0 aliphatic carbocycles. The predicted molar refractivity (Wildman–Crippen MR) is 130 cm³/mol. The number of ether oxygens (including phenoxy) is 1. The molecule has 1 aromatic rings. The molecule has 1 aromatic carbocycles. The lowest BCUT2D eigenvalue weighted by atomic mass is 9.78. The maximum absolute atomic E-state index is 14.3. The minimum absolute atomic E-state index is 0.0281. The van der Waals surface area contributed by atoms with Crippen LogP contribution in [0.15, 0.2) is 42.5 Å². The number of fused-ring (bicyclic) bond motifs is 2. The van der Waals surface area contributed by atoms with E-state index in [2.05, 4.69) is 0 Å². The number of aryl methyl sites for hydroxylation is 2. The van der Waals surface area contributed by atoms with Gasteiger partial charge in [0.25, 0.3) is 5.91 Å². The highest BCUT2D eigenvalue weighted by molar-refractivity contribution is 8.02. The summed E-state index contributed by atoms with van der Waals surface area (Å²) in [7, 11) is 0. The van der Waals surface area contributed by atoms with E-state index in [1.807, 2.05) is 56.4 Å². The van der Waals surface area contributed by atoms with Gasteiger partial charge in [-0.15, -0.1) is 11.8 Å². The zero-order valence-corrected chi connectivity index (χ0v) is 20.3. The second kappa shape index (κ2) is 8.89. The summed E-state index contributed by atoms with van der Waals surface area (Å²) >= 11 is 1.55. The van der Waals surface area contributed by atoms with Crippen LogP contribution < -0.4 is 4.90 Å². The molecule has 0 radical (unpaired) electrons. The monoisotopic (exact) mass is 482 g/mol. The fourth-order valence-corrected chi connectivity index (χ4v) is 7.83. The number of carbonyl (C=O) groups is 3. The van der Waals surface area contributed by atoms with Gasteiger partial charge in [0.1, 0.15) is 12.6 Å². The first kappa shape index (κ1) is 23.2. The van der Waals surface area contributed by atoms with Gasteiger partial charge in [-0.05, 0) is 43.9 Å². The van der Waals surface area contributed by atoms with Crippen molar-refractivity contribution in [1.29, 1.82) is 0 Å². The molecule has 5 rings (SSSR count). The summed E-state index contributed by atoms with van der Waals surface area (Å²) in [5.41, 5.74) is 2.89. The summed E-state index contributed by atoms with van der Waals surface area (Å²) in [5, 5.41) is 9.09. The van der Waals surface area contributed by atoms with E-state index in [-0.39, 0.29) is 36.2 Å². The van der Waals surface area contributed by atoms with E-state index in [1.165, 1.54) is 0 Å². The Labute approximate surface area is 203 Å². The van der Waals surface area contributed by atoms with Crippen molar-refractivity contribution in [2.45, 2.75) is 42.7 Å². The Morgan fingerprint density at radius 3 is 2.76 bits per heavy atom. The Morgan fingerprint density at radius 2 is 1.97 bits per heavy atom. The van der Waals surface area contributed by atoms with Crippen LogP contribution in [0.2, 0.25) is 0 Å². The van der Waals surface area contributed by atoms with Crippen LogP contribution in [0.5, 0.6) is 0 Å². The fraction of sp³-hybridized carbons (Fsp3) is 0.500. The number of amides is 2. The van der Waals surface area contributed by atoms with Crippen molar-refractivity contribution in [3.63, 3.8) is 0 Å². The molecule has 1 unspecified atom stereocenters. The molecule has 5 atom stereocenters. The summed E-state index contributed by atoms with van der Waals surface area (Å²) in [6.45, 7) is 4.99. The molecule has 1 spiro atoms. The molecule has 2 amide bonds. The number of nitrogens with zero attached hydrogens (tertiary/aromatic N) is 2. The number of rotatable bonds is 5. The van der Waals surface area contributed by atoms with E-state index in [1.54, 1.807) is 21.6 Å². The highest BCUT2D eigenvalue weighted by atomic mass is 32.2. The third kappa shape index (κ3) is 3.50. The molecule has 0 aromatic heterocycles. The maximum Gasteiger partial charge on any atom is 0.311 e. The molecule has 180 valence electrons. The first-order chi connectivity index (χ1) is 16.4. The summed E-state index contributed by atoms with van der Waals surface area (Å²) in [6.07, 6.45) is 8.91. The third-order valence-electron chi connectivity index (χ3n) is 7.38. The van der Waals surface area contributed by atoms with Gasteiger partial charge in [-0.3, -0.25) is 14.4 Å². The molecule has 0 bridgehead atoms. The number of aliphatic hydroxyl groups is 1. The molecule has 2 saturated heterocycles. The van der Waals surface area contributed by atoms with Gasteiger partial charge in [-0.1, -0.05) is 36.4 Å². The number of likely N-dealkylation sites (tertiary alicyclic amines) is 1. The van der Waals surface area contributed by atoms with Crippen LogP contribution in [-0.2, 0) is 19.1 Å². The van der Waals surface area contributed by atoms with Gasteiger partial charge in [0.05, 0.1) is 16.6 Å². The van der Waals surface area contributed by atoms with Gasteiger partial charge in [0.15, 0.2) is 0 Å². The molecule has 34 heavy (non-hydrogen) atoms. The van der Waals surface area contributed by atoms with Gasteiger partial charge >= 0.3 is 5.97 Å². The van der Waals surface area contributed by atoms with Gasteiger partial charge in [0.2, 0.25) is 5.91 Å². The lowest BCUT2D eigenvalue weighted by molar-refractivity contribution is -0.151. The molecule has 7 nitrogen and oxygen atoms in total. The van der Waals surface area contributed by atoms with Crippen molar-refractivity contribution in [2.75, 3.05) is 31.2 Å². The number of hydrogen-bond donors (Lipinski definition) is 1. The van der Waals surface area contributed by atoms with Crippen LogP contribution in [0.4, 0.5) is 5.69 Å². The van der Waals surface area contributed by atoms with Crippen LogP contribution >= 0.6 is 11.8 Å². The third-order valence-corrected chi connectivity index (χ3v) is 9.12. The Balaban J connectivity index is 1.61. The molecule has 4 aliphatic rings. The molecule has 4 heterocycles. The second-order valence-electron chi connectivity index (χ2n) is 9.50. The SMILES string of the molecule is Cc1ccc(C)c(N2CC=C[C@]34S[C@@H]5C=CCOC(=O)[C@@H]5[C@H]3C(=O)N(CCCCO)C4C2=O)c1. The van der Waals surface area contributed by atoms with Crippen molar-refractivity contribution in [3.05, 3.63) is 53.6 Å². The van der Waals surface area contributed by atoms with Gasteiger partial charge < -0.3 is 19.6 Å². The molecular formula is C26H30N2O5S. The number of cyclic esters (lactones) is 1. The topological polar surface area (TPSA) is 87.2 Å². The first-order valence-electron chi connectivity index (χ1n) is 11.9. The van der Waals surface area contributed by atoms with E-state index in [0.29, 0.717) is 25.9 Å². The van der Waals surface area contributed by atoms with E-state index < -0.39 is 22.6 Å². The highest BCUT2D eigenvalue weighted by Crippen LogP contribution is 2.61. The summed E-state index contributed by atoms with van der Waals surface area (Å²) in [5.74, 6) is -1.94. The summed E-state index contributed by atoms with van der Waals surface area (Å²) < 4.78 is 4.56. The van der Waals surface area contributed by atoms with Crippen LogP contribution in [0.25, 0.3) is 0 Å². The predicted octanol–water partition coefficient (Wildman–Crippen LogP) is 2.39. The summed E-state index contributed by atoms with van der Waals surface area (Å²) in [6, 6.07) is 5.32. The highest BCUT2D eigenvalue weighted by Gasteiger charge is 2.71. The molecule has 1 N–H and O–H groups in total. The van der Waals surface area contributed by atoms with Crippen molar-refractivity contribution in [3.8, 4) is 0 Å². The van der Waals surface area contributed by atoms with E-state index in [4.69, 9.17) is 4.74 Å². The van der Waals surface area contributed by atoms with Gasteiger partial charge in [-0.25, -0.2) is 0 Å². The largest absolute Gasteiger partial charge is 0.461 e. The molecule has 8 heteroatoms. The standard InChI is InChI=1S/C26H30N2O5S/c1-16-8-9-17(2)18(15-16)27-12-6-10-26-21(20-19(34-26)7-5-14-33-25(20)32)23(30)28(11-3-4-13-29)22(26)24(27)31/h5-10,15,19-22,29H,3-4,11-14H2,1-2H3/t19-,20+,21+,22?,26+/m1/s1.